The minimum absolute atomic E-state index is 0.464. The number of nitrogens with two attached hydrogens (primary N) is 1. The van der Waals surface area contributed by atoms with Crippen LogP contribution in [-0.2, 0) is 6.54 Å². The first-order valence-corrected chi connectivity index (χ1v) is 6.21. The van der Waals surface area contributed by atoms with Gasteiger partial charge in [0.15, 0.2) is 11.6 Å². The van der Waals surface area contributed by atoms with Gasteiger partial charge in [0, 0.05) is 19.2 Å². The summed E-state index contributed by atoms with van der Waals surface area (Å²) in [6, 6.07) is 1.80. The van der Waals surface area contributed by atoms with E-state index in [0.717, 1.165) is 24.8 Å². The van der Waals surface area contributed by atoms with Gasteiger partial charge >= 0.3 is 0 Å². The van der Waals surface area contributed by atoms with Crippen LogP contribution in [0.4, 0.5) is 5.82 Å². The number of nitrogen functional groups attached to an aromatic ring is 1. The molecule has 1 saturated heterocycles. The van der Waals surface area contributed by atoms with Gasteiger partial charge in [0.2, 0.25) is 0 Å². The fourth-order valence-corrected chi connectivity index (χ4v) is 2.60. The van der Waals surface area contributed by atoms with Crippen molar-refractivity contribution in [2.75, 3.05) is 39.5 Å². The lowest BCUT2D eigenvalue weighted by Gasteiger charge is -2.32. The Bertz CT molecular complexity index is 352. The second-order valence-corrected chi connectivity index (χ2v) is 5.19. The monoisotopic (exact) mass is 238 g/mol. The molecule has 1 unspecified atom stereocenters. The van der Waals surface area contributed by atoms with Crippen LogP contribution in [0.3, 0.4) is 0 Å². The average Bonchev–Trinajstić information content (AvgIpc) is 2.63. The zero-order valence-electron chi connectivity index (χ0n) is 10.7. The maximum atomic E-state index is 5.53. The number of piperidine rings is 1. The minimum Gasteiger partial charge on any atom is -0.381 e. The summed E-state index contributed by atoms with van der Waals surface area (Å²) < 4.78 is 5.12. The Balaban J connectivity index is 1.78. The third-order valence-electron chi connectivity index (χ3n) is 3.29. The van der Waals surface area contributed by atoms with E-state index in [1.165, 1.54) is 25.9 Å². The van der Waals surface area contributed by atoms with Crippen molar-refractivity contribution in [1.82, 2.24) is 15.0 Å². The van der Waals surface area contributed by atoms with E-state index in [0.29, 0.717) is 5.82 Å². The van der Waals surface area contributed by atoms with Gasteiger partial charge in [-0.05, 0) is 39.4 Å². The molecule has 17 heavy (non-hydrogen) atoms. The van der Waals surface area contributed by atoms with Crippen molar-refractivity contribution in [1.29, 1.82) is 0 Å². The number of hydrogen-bond donors (Lipinski definition) is 1. The van der Waals surface area contributed by atoms with Crippen LogP contribution in [0.25, 0.3) is 0 Å². The van der Waals surface area contributed by atoms with Gasteiger partial charge in [-0.25, -0.2) is 0 Å². The SMILES string of the molecule is CN1CCCC(CN(C)Cc2cc(N)no2)C1. The fraction of sp³-hybridized carbons (Fsp3) is 0.750. The molecule has 1 fully saturated rings. The Labute approximate surface area is 103 Å². The van der Waals surface area contributed by atoms with Crippen LogP contribution in [0.2, 0.25) is 0 Å². The summed E-state index contributed by atoms with van der Waals surface area (Å²) in [6.45, 7) is 4.32. The summed E-state index contributed by atoms with van der Waals surface area (Å²) in [6.07, 6.45) is 2.64. The van der Waals surface area contributed by atoms with Crippen molar-refractivity contribution < 1.29 is 4.52 Å². The second-order valence-electron chi connectivity index (χ2n) is 5.19. The van der Waals surface area contributed by atoms with E-state index >= 15 is 0 Å². The molecule has 5 heteroatoms. The maximum absolute atomic E-state index is 5.53. The summed E-state index contributed by atoms with van der Waals surface area (Å²) in [4.78, 5) is 4.69. The van der Waals surface area contributed by atoms with E-state index in [9.17, 15) is 0 Å². The molecule has 2 heterocycles. The highest BCUT2D eigenvalue weighted by Crippen LogP contribution is 2.17. The number of likely N-dealkylation sites (tertiary alicyclic amines) is 1. The van der Waals surface area contributed by atoms with Gasteiger partial charge < -0.3 is 15.2 Å². The van der Waals surface area contributed by atoms with Crippen molar-refractivity contribution in [2.45, 2.75) is 19.4 Å². The predicted molar refractivity (Wildman–Crippen MR) is 67.5 cm³/mol. The first kappa shape index (κ1) is 12.4. The van der Waals surface area contributed by atoms with Gasteiger partial charge in [-0.1, -0.05) is 5.16 Å². The minimum atomic E-state index is 0.464. The quantitative estimate of drug-likeness (QED) is 0.849. The van der Waals surface area contributed by atoms with E-state index in [-0.39, 0.29) is 0 Å². The zero-order chi connectivity index (χ0) is 12.3. The lowest BCUT2D eigenvalue weighted by atomic mass is 9.98. The Morgan fingerprint density at radius 2 is 2.47 bits per heavy atom. The molecule has 0 radical (unpaired) electrons. The van der Waals surface area contributed by atoms with Gasteiger partial charge in [0.05, 0.1) is 6.54 Å². The average molecular weight is 238 g/mol. The van der Waals surface area contributed by atoms with Crippen molar-refractivity contribution in [3.05, 3.63) is 11.8 Å². The maximum Gasteiger partial charge on any atom is 0.167 e. The van der Waals surface area contributed by atoms with Gasteiger partial charge in [-0.2, -0.15) is 0 Å². The molecule has 0 amide bonds. The topological polar surface area (TPSA) is 58.5 Å². The first-order chi connectivity index (χ1) is 8.13. The van der Waals surface area contributed by atoms with Gasteiger partial charge in [0.25, 0.3) is 0 Å². The molecule has 0 spiro atoms. The normalized spacial score (nSPS) is 22.2. The third kappa shape index (κ3) is 3.71. The molecule has 5 nitrogen and oxygen atoms in total. The summed E-state index contributed by atoms with van der Waals surface area (Å²) in [7, 11) is 4.32. The van der Waals surface area contributed by atoms with Crippen LogP contribution >= 0.6 is 0 Å². The summed E-state index contributed by atoms with van der Waals surface area (Å²) >= 11 is 0. The third-order valence-corrected chi connectivity index (χ3v) is 3.29. The van der Waals surface area contributed by atoms with Crippen molar-refractivity contribution in [3.63, 3.8) is 0 Å². The molecule has 1 aromatic heterocycles. The molecular formula is C12H22N4O. The zero-order valence-corrected chi connectivity index (χ0v) is 10.7. The van der Waals surface area contributed by atoms with Crippen molar-refractivity contribution in [2.24, 2.45) is 5.92 Å². The standard InChI is InChI=1S/C12H22N4O/c1-15-5-3-4-10(7-15)8-16(2)9-11-6-12(13)14-17-11/h6,10H,3-5,7-9H2,1-2H3,(H2,13,14). The molecule has 2 rings (SSSR count). The molecule has 1 atom stereocenters. The van der Waals surface area contributed by atoms with Gasteiger partial charge in [-0.3, -0.25) is 4.90 Å². The van der Waals surface area contributed by atoms with E-state index in [2.05, 4.69) is 29.1 Å². The van der Waals surface area contributed by atoms with E-state index < -0.39 is 0 Å². The summed E-state index contributed by atoms with van der Waals surface area (Å²) in [5.41, 5.74) is 5.53. The Morgan fingerprint density at radius 1 is 1.65 bits per heavy atom. The van der Waals surface area contributed by atoms with Crippen LogP contribution < -0.4 is 5.73 Å². The number of rotatable bonds is 4. The number of anilines is 1. The Kier molecular flexibility index (Phi) is 4.02. The highest BCUT2D eigenvalue weighted by Gasteiger charge is 2.19. The van der Waals surface area contributed by atoms with E-state index in [4.69, 9.17) is 10.3 Å². The van der Waals surface area contributed by atoms with E-state index in [1.54, 1.807) is 6.07 Å². The number of hydrogen-bond acceptors (Lipinski definition) is 5. The van der Waals surface area contributed by atoms with Crippen molar-refractivity contribution in [3.8, 4) is 0 Å². The lowest BCUT2D eigenvalue weighted by Crippen LogP contribution is -2.37. The largest absolute Gasteiger partial charge is 0.381 e. The molecule has 0 saturated carbocycles. The second kappa shape index (κ2) is 5.51. The number of aromatic nitrogens is 1. The lowest BCUT2D eigenvalue weighted by molar-refractivity contribution is 0.157. The molecule has 2 N–H and O–H groups in total. The van der Waals surface area contributed by atoms with Crippen LogP contribution in [-0.4, -0.2) is 48.7 Å². The van der Waals surface area contributed by atoms with Gasteiger partial charge in [-0.15, -0.1) is 0 Å². The predicted octanol–water partition coefficient (Wildman–Crippen LogP) is 1.03. The molecule has 0 aliphatic carbocycles. The molecule has 1 aromatic rings. The Morgan fingerprint density at radius 3 is 3.12 bits per heavy atom. The molecular weight excluding hydrogens is 216 g/mol. The van der Waals surface area contributed by atoms with Crippen molar-refractivity contribution >= 4 is 5.82 Å². The fourth-order valence-electron chi connectivity index (χ4n) is 2.60. The number of nitrogens with zero attached hydrogens (tertiary/aromatic N) is 3. The molecule has 1 aliphatic heterocycles. The summed E-state index contributed by atoms with van der Waals surface area (Å²) in [5, 5.41) is 3.70. The molecule has 0 bridgehead atoms. The highest BCUT2D eigenvalue weighted by atomic mass is 16.5. The van der Waals surface area contributed by atoms with Crippen LogP contribution in [0.15, 0.2) is 10.6 Å². The van der Waals surface area contributed by atoms with Crippen LogP contribution in [0.5, 0.6) is 0 Å². The molecule has 1 aliphatic rings. The smallest absolute Gasteiger partial charge is 0.167 e. The van der Waals surface area contributed by atoms with Crippen LogP contribution in [0, 0.1) is 5.92 Å². The molecule has 0 aromatic carbocycles. The first-order valence-electron chi connectivity index (χ1n) is 6.21. The highest BCUT2D eigenvalue weighted by molar-refractivity contribution is 5.26. The van der Waals surface area contributed by atoms with Gasteiger partial charge in [0.1, 0.15) is 0 Å². The van der Waals surface area contributed by atoms with E-state index in [1.807, 2.05) is 0 Å². The summed E-state index contributed by atoms with van der Waals surface area (Å²) in [5.74, 6) is 2.07. The van der Waals surface area contributed by atoms with Crippen LogP contribution in [0.1, 0.15) is 18.6 Å². The Hall–Kier alpha value is -1.07. The molecule has 96 valence electrons.